The van der Waals surface area contributed by atoms with E-state index in [9.17, 15) is 0 Å². The van der Waals surface area contributed by atoms with E-state index in [1.807, 2.05) is 0 Å². The van der Waals surface area contributed by atoms with Crippen LogP contribution in [0.25, 0.3) is 22.2 Å². The van der Waals surface area contributed by atoms with Gasteiger partial charge in [-0.15, -0.1) is 0 Å². The highest BCUT2D eigenvalue weighted by atomic mass is 15.0. The Morgan fingerprint density at radius 1 is 0.955 bits per heavy atom. The molecule has 4 rings (SSSR count). The lowest BCUT2D eigenvalue weighted by Crippen LogP contribution is -1.98. The second-order valence-corrected chi connectivity index (χ2v) is 5.99. The van der Waals surface area contributed by atoms with Gasteiger partial charge < -0.3 is 8.97 Å². The van der Waals surface area contributed by atoms with Gasteiger partial charge in [-0.25, -0.2) is 0 Å². The van der Waals surface area contributed by atoms with Crippen LogP contribution in [-0.2, 0) is 6.42 Å². The van der Waals surface area contributed by atoms with Crippen molar-refractivity contribution in [1.82, 2.24) is 8.97 Å². The first-order valence-corrected chi connectivity index (χ1v) is 7.87. The number of aromatic nitrogens is 2. The van der Waals surface area contributed by atoms with Crippen molar-refractivity contribution in [1.29, 1.82) is 0 Å². The van der Waals surface area contributed by atoms with Gasteiger partial charge in [-0.05, 0) is 55.2 Å². The van der Waals surface area contributed by atoms with Gasteiger partial charge >= 0.3 is 0 Å². The zero-order chi connectivity index (χ0) is 15.3. The second kappa shape index (κ2) is 4.77. The third-order valence-electron chi connectivity index (χ3n) is 4.57. The van der Waals surface area contributed by atoms with Crippen molar-refractivity contribution in [2.75, 3.05) is 0 Å². The van der Waals surface area contributed by atoms with Crippen molar-refractivity contribution in [2.45, 2.75) is 27.2 Å². The SMILES string of the molecule is CCc1cn(-c2c(C)cccc2C)c2cc3ccccn3c12. The van der Waals surface area contributed by atoms with Crippen molar-refractivity contribution in [3.63, 3.8) is 0 Å². The molecule has 0 spiro atoms. The number of para-hydroxylation sites is 1. The molecular weight excluding hydrogens is 268 g/mol. The minimum atomic E-state index is 1.04. The standard InChI is InChI=1S/C20H20N2/c1-4-16-13-22(19-14(2)8-7-9-15(19)3)18-12-17-10-5-6-11-21(17)20(16)18/h5-13H,4H2,1-3H3. The lowest BCUT2D eigenvalue weighted by molar-refractivity contribution is 1.05. The Hall–Kier alpha value is -2.48. The summed E-state index contributed by atoms with van der Waals surface area (Å²) >= 11 is 0. The molecule has 110 valence electrons. The van der Waals surface area contributed by atoms with Crippen LogP contribution in [0.3, 0.4) is 0 Å². The summed E-state index contributed by atoms with van der Waals surface area (Å²) in [5, 5.41) is 0. The molecule has 0 saturated carbocycles. The molecule has 2 nitrogen and oxygen atoms in total. The van der Waals surface area contributed by atoms with E-state index in [1.165, 1.54) is 38.9 Å². The maximum Gasteiger partial charge on any atom is 0.0744 e. The zero-order valence-corrected chi connectivity index (χ0v) is 13.3. The van der Waals surface area contributed by atoms with Gasteiger partial charge in [-0.3, -0.25) is 0 Å². The molecule has 1 aromatic carbocycles. The van der Waals surface area contributed by atoms with Crippen LogP contribution in [0.1, 0.15) is 23.6 Å². The van der Waals surface area contributed by atoms with Crippen molar-refractivity contribution in [3.8, 4) is 5.69 Å². The predicted octanol–water partition coefficient (Wildman–Crippen LogP) is 5.06. The summed E-state index contributed by atoms with van der Waals surface area (Å²) in [5.74, 6) is 0. The molecule has 0 unspecified atom stereocenters. The number of nitrogens with zero attached hydrogens (tertiary/aromatic N) is 2. The van der Waals surface area contributed by atoms with Crippen LogP contribution in [0.2, 0.25) is 0 Å². The Morgan fingerprint density at radius 3 is 2.45 bits per heavy atom. The Kier molecular flexibility index (Phi) is 2.86. The molecule has 0 aliphatic carbocycles. The third-order valence-corrected chi connectivity index (χ3v) is 4.57. The molecule has 0 N–H and O–H groups in total. The van der Waals surface area contributed by atoms with Gasteiger partial charge in [-0.2, -0.15) is 0 Å². The van der Waals surface area contributed by atoms with E-state index in [-0.39, 0.29) is 0 Å². The fourth-order valence-corrected chi connectivity index (χ4v) is 3.53. The smallest absolute Gasteiger partial charge is 0.0744 e. The third kappa shape index (κ3) is 1.73. The number of hydrogen-bond acceptors (Lipinski definition) is 0. The van der Waals surface area contributed by atoms with E-state index in [4.69, 9.17) is 0 Å². The van der Waals surface area contributed by atoms with Crippen LogP contribution in [0.15, 0.2) is 54.9 Å². The van der Waals surface area contributed by atoms with Crippen LogP contribution in [0.5, 0.6) is 0 Å². The van der Waals surface area contributed by atoms with Crippen LogP contribution >= 0.6 is 0 Å². The monoisotopic (exact) mass is 288 g/mol. The summed E-state index contributed by atoms with van der Waals surface area (Å²) in [4.78, 5) is 0. The summed E-state index contributed by atoms with van der Waals surface area (Å²) in [6.07, 6.45) is 5.50. The zero-order valence-electron chi connectivity index (χ0n) is 13.3. The first-order chi connectivity index (χ1) is 10.7. The maximum atomic E-state index is 2.37. The molecule has 0 radical (unpaired) electrons. The quantitative estimate of drug-likeness (QED) is 0.487. The van der Waals surface area contributed by atoms with Crippen molar-refractivity contribution < 1.29 is 0 Å². The second-order valence-electron chi connectivity index (χ2n) is 5.99. The van der Waals surface area contributed by atoms with E-state index in [2.05, 4.69) is 84.6 Å². The summed E-state index contributed by atoms with van der Waals surface area (Å²) in [7, 11) is 0. The Labute approximate surface area is 130 Å². The highest BCUT2D eigenvalue weighted by Gasteiger charge is 2.15. The molecule has 2 heteroatoms. The highest BCUT2D eigenvalue weighted by molar-refractivity contribution is 5.89. The summed E-state index contributed by atoms with van der Waals surface area (Å²) in [6, 6.07) is 15.2. The Morgan fingerprint density at radius 2 is 1.73 bits per heavy atom. The molecule has 0 bridgehead atoms. The molecule has 0 fully saturated rings. The lowest BCUT2D eigenvalue weighted by Gasteiger charge is -2.11. The Bertz CT molecular complexity index is 965. The summed E-state index contributed by atoms with van der Waals surface area (Å²) < 4.78 is 4.67. The molecule has 3 aromatic heterocycles. The Balaban J connectivity index is 2.15. The molecule has 0 atom stereocenters. The topological polar surface area (TPSA) is 9.34 Å². The largest absolute Gasteiger partial charge is 0.315 e. The lowest BCUT2D eigenvalue weighted by atomic mass is 10.1. The molecule has 4 aromatic rings. The van der Waals surface area contributed by atoms with Gasteiger partial charge in [0.15, 0.2) is 0 Å². The number of fused-ring (bicyclic) bond motifs is 3. The highest BCUT2D eigenvalue weighted by Crippen LogP contribution is 2.31. The van der Waals surface area contributed by atoms with Crippen LogP contribution in [-0.4, -0.2) is 8.97 Å². The van der Waals surface area contributed by atoms with Gasteiger partial charge in [0, 0.05) is 17.9 Å². The first kappa shape index (κ1) is 13.2. The van der Waals surface area contributed by atoms with Crippen molar-refractivity contribution in [3.05, 3.63) is 71.5 Å². The fourth-order valence-electron chi connectivity index (χ4n) is 3.53. The van der Waals surface area contributed by atoms with Crippen LogP contribution in [0.4, 0.5) is 0 Å². The number of benzene rings is 1. The average Bonchev–Trinajstić information content (AvgIpc) is 3.05. The van der Waals surface area contributed by atoms with E-state index in [1.54, 1.807) is 0 Å². The summed E-state index contributed by atoms with van der Waals surface area (Å²) in [6.45, 7) is 6.61. The van der Waals surface area contributed by atoms with Gasteiger partial charge in [0.25, 0.3) is 0 Å². The number of rotatable bonds is 2. The molecule has 22 heavy (non-hydrogen) atoms. The summed E-state index contributed by atoms with van der Waals surface area (Å²) in [5.41, 5.74) is 9.21. The van der Waals surface area contributed by atoms with Gasteiger partial charge in [0.1, 0.15) is 0 Å². The minimum absolute atomic E-state index is 1.04. The first-order valence-electron chi connectivity index (χ1n) is 7.87. The molecular formula is C20H20N2. The molecule has 0 aliphatic heterocycles. The van der Waals surface area contributed by atoms with E-state index in [0.717, 1.165) is 6.42 Å². The molecule has 3 heterocycles. The normalized spacial score (nSPS) is 11.6. The van der Waals surface area contributed by atoms with Gasteiger partial charge in [-0.1, -0.05) is 31.2 Å². The average molecular weight is 288 g/mol. The van der Waals surface area contributed by atoms with E-state index < -0.39 is 0 Å². The van der Waals surface area contributed by atoms with Gasteiger partial charge in [0.2, 0.25) is 0 Å². The van der Waals surface area contributed by atoms with Crippen molar-refractivity contribution >= 4 is 16.6 Å². The predicted molar refractivity (Wildman–Crippen MR) is 93.1 cm³/mol. The molecule has 0 amide bonds. The van der Waals surface area contributed by atoms with Crippen molar-refractivity contribution in [2.24, 2.45) is 0 Å². The maximum absolute atomic E-state index is 2.37. The number of pyridine rings is 1. The number of hydrogen-bond donors (Lipinski definition) is 0. The minimum Gasteiger partial charge on any atom is -0.315 e. The van der Waals surface area contributed by atoms with E-state index in [0.29, 0.717) is 0 Å². The molecule has 0 saturated heterocycles. The van der Waals surface area contributed by atoms with Gasteiger partial charge in [0.05, 0.1) is 16.7 Å². The van der Waals surface area contributed by atoms with E-state index >= 15 is 0 Å². The van der Waals surface area contributed by atoms with Crippen LogP contribution in [0, 0.1) is 13.8 Å². The number of aryl methyl sites for hydroxylation is 3. The fraction of sp³-hybridized carbons (Fsp3) is 0.200. The molecule has 0 aliphatic rings. The van der Waals surface area contributed by atoms with Crippen LogP contribution < -0.4 is 0 Å².